The highest BCUT2D eigenvalue weighted by Gasteiger charge is 2.52. The Kier molecular flexibility index (Phi) is 4.86. The first kappa shape index (κ1) is 19.2. The highest BCUT2D eigenvalue weighted by molar-refractivity contribution is 6.23. The molecule has 29 heavy (non-hydrogen) atoms. The Morgan fingerprint density at radius 1 is 1.17 bits per heavy atom. The molecule has 152 valence electrons. The summed E-state index contributed by atoms with van der Waals surface area (Å²) in [6, 6.07) is 5.74. The molecule has 1 aliphatic heterocycles. The number of carbonyl (C=O) groups excluding carboxylic acids is 2. The average Bonchev–Trinajstić information content (AvgIpc) is 2.95. The van der Waals surface area contributed by atoms with Crippen molar-refractivity contribution < 1.29 is 23.5 Å². The van der Waals surface area contributed by atoms with Crippen LogP contribution in [0.4, 0.5) is 14.9 Å². The highest BCUT2D eigenvalue weighted by atomic mass is 19.1. The largest absolute Gasteiger partial charge is 0.496 e. The Labute approximate surface area is 167 Å². The Balaban J connectivity index is 1.65. The number of carbonyl (C=O) groups is 2. The molecule has 4 rings (SSSR count). The number of urea groups is 1. The monoisotopic (exact) mass is 399 g/mol. The second-order valence-electron chi connectivity index (χ2n) is 7.40. The lowest BCUT2D eigenvalue weighted by Crippen LogP contribution is -2.48. The molecule has 1 spiro atoms. The number of rotatable bonds is 4. The molecule has 3 amide bonds. The van der Waals surface area contributed by atoms with Crippen molar-refractivity contribution >= 4 is 17.6 Å². The smallest absolute Gasteiger partial charge is 0.329 e. The van der Waals surface area contributed by atoms with Gasteiger partial charge in [-0.05, 0) is 37.5 Å². The summed E-state index contributed by atoms with van der Waals surface area (Å²) in [7, 11) is 1.53. The number of nitrogens with zero attached hydrogens (tertiary/aromatic N) is 2. The minimum Gasteiger partial charge on any atom is -0.496 e. The van der Waals surface area contributed by atoms with Crippen molar-refractivity contribution in [1.29, 1.82) is 0 Å². The van der Waals surface area contributed by atoms with Crippen molar-refractivity contribution in [2.24, 2.45) is 0 Å². The summed E-state index contributed by atoms with van der Waals surface area (Å²) in [5, 5.41) is 2.78. The molecule has 0 atom stereocenters. The number of nitrogens with one attached hydrogen (secondary N) is 1. The molecule has 2 aromatic rings. The van der Waals surface area contributed by atoms with E-state index in [9.17, 15) is 9.59 Å². The first-order valence-corrected chi connectivity index (χ1v) is 9.59. The molecule has 1 aromatic carbocycles. The maximum Gasteiger partial charge on any atom is 0.329 e. The SMILES string of the molecule is COc1cc(Oc2nccc(N3C(=O)NC4(CCCCC4)C3=O)c2F)ccc1C. The van der Waals surface area contributed by atoms with Crippen LogP contribution in [0, 0.1) is 12.7 Å². The van der Waals surface area contributed by atoms with E-state index in [4.69, 9.17) is 9.47 Å². The number of anilines is 1. The normalized spacial score (nSPS) is 18.1. The van der Waals surface area contributed by atoms with Gasteiger partial charge in [-0.3, -0.25) is 4.79 Å². The zero-order chi connectivity index (χ0) is 20.6. The van der Waals surface area contributed by atoms with Gasteiger partial charge in [0.2, 0.25) is 5.82 Å². The number of benzene rings is 1. The Hall–Kier alpha value is -3.16. The van der Waals surface area contributed by atoms with Crippen LogP contribution in [0.2, 0.25) is 0 Å². The van der Waals surface area contributed by atoms with Crippen LogP contribution in [-0.4, -0.2) is 29.6 Å². The van der Waals surface area contributed by atoms with E-state index in [0.717, 1.165) is 29.7 Å². The molecule has 1 saturated heterocycles. The van der Waals surface area contributed by atoms with E-state index in [1.807, 2.05) is 6.92 Å². The fraction of sp³-hybridized carbons (Fsp3) is 0.381. The molecule has 8 heteroatoms. The first-order valence-electron chi connectivity index (χ1n) is 9.59. The quantitative estimate of drug-likeness (QED) is 0.784. The number of hydrogen-bond donors (Lipinski definition) is 1. The average molecular weight is 399 g/mol. The van der Waals surface area contributed by atoms with Gasteiger partial charge in [0.05, 0.1) is 12.8 Å². The van der Waals surface area contributed by atoms with Gasteiger partial charge in [0.15, 0.2) is 0 Å². The minimum atomic E-state index is -0.934. The van der Waals surface area contributed by atoms with Gasteiger partial charge < -0.3 is 14.8 Å². The first-order chi connectivity index (χ1) is 13.9. The lowest BCUT2D eigenvalue weighted by molar-refractivity contribution is -0.123. The molecular formula is C21H22FN3O4. The molecule has 1 aliphatic carbocycles. The number of halogens is 1. The number of methoxy groups -OCH3 is 1. The van der Waals surface area contributed by atoms with Crippen LogP contribution in [0.5, 0.6) is 17.4 Å². The third-order valence-electron chi connectivity index (χ3n) is 5.54. The predicted octanol–water partition coefficient (Wildman–Crippen LogP) is 4.09. The van der Waals surface area contributed by atoms with Crippen LogP contribution >= 0.6 is 0 Å². The lowest BCUT2D eigenvalue weighted by Gasteiger charge is -2.30. The van der Waals surface area contributed by atoms with Crippen LogP contribution in [0.1, 0.15) is 37.7 Å². The number of amides is 3. The number of aromatic nitrogens is 1. The van der Waals surface area contributed by atoms with Crippen molar-refractivity contribution in [1.82, 2.24) is 10.3 Å². The van der Waals surface area contributed by atoms with Crippen LogP contribution in [0.15, 0.2) is 30.5 Å². The second-order valence-corrected chi connectivity index (χ2v) is 7.40. The summed E-state index contributed by atoms with van der Waals surface area (Å²) in [5.74, 6) is -0.693. The van der Waals surface area contributed by atoms with E-state index in [2.05, 4.69) is 10.3 Å². The van der Waals surface area contributed by atoms with Gasteiger partial charge in [0.1, 0.15) is 17.0 Å². The van der Waals surface area contributed by atoms with E-state index in [1.165, 1.54) is 19.4 Å². The zero-order valence-corrected chi connectivity index (χ0v) is 16.3. The molecule has 1 saturated carbocycles. The van der Waals surface area contributed by atoms with Crippen LogP contribution in [-0.2, 0) is 4.79 Å². The third-order valence-corrected chi connectivity index (χ3v) is 5.54. The van der Waals surface area contributed by atoms with Gasteiger partial charge >= 0.3 is 6.03 Å². The van der Waals surface area contributed by atoms with Gasteiger partial charge in [-0.2, -0.15) is 4.39 Å². The molecule has 7 nitrogen and oxygen atoms in total. The number of pyridine rings is 1. The van der Waals surface area contributed by atoms with E-state index >= 15 is 4.39 Å². The minimum absolute atomic E-state index is 0.168. The molecule has 2 heterocycles. The van der Waals surface area contributed by atoms with E-state index < -0.39 is 23.3 Å². The summed E-state index contributed by atoms with van der Waals surface area (Å²) in [6.07, 6.45) is 5.16. The van der Waals surface area contributed by atoms with Crippen molar-refractivity contribution in [3.05, 3.63) is 41.8 Å². The third kappa shape index (κ3) is 3.28. The summed E-state index contributed by atoms with van der Waals surface area (Å²) < 4.78 is 26.0. The molecule has 0 bridgehead atoms. The number of hydrogen-bond acceptors (Lipinski definition) is 5. The molecular weight excluding hydrogens is 377 g/mol. The second kappa shape index (κ2) is 7.35. The molecule has 1 aromatic heterocycles. The van der Waals surface area contributed by atoms with Crippen molar-refractivity contribution in [3.63, 3.8) is 0 Å². The van der Waals surface area contributed by atoms with Crippen LogP contribution < -0.4 is 19.7 Å². The fourth-order valence-electron chi connectivity index (χ4n) is 3.97. The lowest BCUT2D eigenvalue weighted by atomic mass is 9.82. The zero-order valence-electron chi connectivity index (χ0n) is 16.3. The van der Waals surface area contributed by atoms with E-state index in [1.54, 1.807) is 18.2 Å². The van der Waals surface area contributed by atoms with Gasteiger partial charge in [-0.1, -0.05) is 25.3 Å². The summed E-state index contributed by atoms with van der Waals surface area (Å²) in [6.45, 7) is 1.88. The predicted molar refractivity (Wildman–Crippen MR) is 104 cm³/mol. The van der Waals surface area contributed by atoms with Gasteiger partial charge in [-0.25, -0.2) is 14.7 Å². The Morgan fingerprint density at radius 2 is 1.93 bits per heavy atom. The van der Waals surface area contributed by atoms with Crippen molar-refractivity contribution in [2.45, 2.75) is 44.6 Å². The number of imide groups is 1. The number of aryl methyl sites for hydroxylation is 1. The topological polar surface area (TPSA) is 80.8 Å². The maximum atomic E-state index is 15.2. The fourth-order valence-corrected chi connectivity index (χ4v) is 3.97. The maximum absolute atomic E-state index is 15.2. The van der Waals surface area contributed by atoms with Gasteiger partial charge in [-0.15, -0.1) is 0 Å². The summed E-state index contributed by atoms with van der Waals surface area (Å²) in [5.41, 5.74) is -0.200. The summed E-state index contributed by atoms with van der Waals surface area (Å²) >= 11 is 0. The Bertz CT molecular complexity index is 972. The van der Waals surface area contributed by atoms with Crippen LogP contribution in [0.3, 0.4) is 0 Å². The molecule has 2 aliphatic rings. The molecule has 2 fully saturated rings. The number of ether oxygens (including phenoxy) is 2. The Morgan fingerprint density at radius 3 is 2.66 bits per heavy atom. The molecule has 0 radical (unpaired) electrons. The molecule has 1 N–H and O–H groups in total. The standard InChI is InChI=1S/C21H22FN3O4/c1-13-6-7-14(12-16(13)28-2)29-18-17(22)15(8-11-23-18)25-19(26)21(24-20(25)27)9-4-3-5-10-21/h6-8,11-12H,3-5,9-10H2,1-2H3,(H,24,27). The van der Waals surface area contributed by atoms with Gasteiger partial charge in [0.25, 0.3) is 11.8 Å². The molecule has 0 unspecified atom stereocenters. The summed E-state index contributed by atoms with van der Waals surface area (Å²) in [4.78, 5) is 30.4. The van der Waals surface area contributed by atoms with E-state index in [-0.39, 0.29) is 11.6 Å². The van der Waals surface area contributed by atoms with Crippen molar-refractivity contribution in [2.75, 3.05) is 12.0 Å². The van der Waals surface area contributed by atoms with Crippen LogP contribution in [0.25, 0.3) is 0 Å². The highest BCUT2D eigenvalue weighted by Crippen LogP contribution is 2.38. The van der Waals surface area contributed by atoms with E-state index in [0.29, 0.717) is 24.3 Å². The van der Waals surface area contributed by atoms with Crippen molar-refractivity contribution in [3.8, 4) is 17.4 Å². The van der Waals surface area contributed by atoms with Gasteiger partial charge in [0, 0.05) is 12.3 Å².